The summed E-state index contributed by atoms with van der Waals surface area (Å²) in [7, 11) is 1.91. The fourth-order valence-corrected chi connectivity index (χ4v) is 3.13. The van der Waals surface area contributed by atoms with Crippen molar-refractivity contribution in [1.82, 2.24) is 24.8 Å². The number of hydrogen-bond acceptors (Lipinski definition) is 6. The van der Waals surface area contributed by atoms with E-state index in [-0.39, 0.29) is 18.1 Å². The molecule has 2 N–H and O–H groups in total. The van der Waals surface area contributed by atoms with Crippen molar-refractivity contribution >= 4 is 17.6 Å². The van der Waals surface area contributed by atoms with Crippen LogP contribution in [0, 0.1) is 6.92 Å². The molecule has 0 saturated carbocycles. The second-order valence-electron chi connectivity index (χ2n) is 7.13. The monoisotopic (exact) mass is 459 g/mol. The van der Waals surface area contributed by atoms with Crippen LogP contribution in [0.15, 0.2) is 53.8 Å². The van der Waals surface area contributed by atoms with Crippen LogP contribution in [0.5, 0.6) is 0 Å². The van der Waals surface area contributed by atoms with Crippen LogP contribution in [0.2, 0.25) is 0 Å². The maximum absolute atomic E-state index is 12.8. The lowest BCUT2D eigenvalue weighted by molar-refractivity contribution is -0.755. The zero-order valence-electron chi connectivity index (χ0n) is 17.5. The molecule has 2 amide bonds. The number of rotatable bonds is 5. The quantitative estimate of drug-likeness (QED) is 0.443. The number of alkyl halides is 3. The highest BCUT2D eigenvalue weighted by atomic mass is 19.4. The van der Waals surface area contributed by atoms with Crippen LogP contribution in [0.4, 0.5) is 29.5 Å². The Bertz CT molecular complexity index is 1260. The van der Waals surface area contributed by atoms with Gasteiger partial charge in [0.15, 0.2) is 0 Å². The number of aryl methyl sites for hydroxylation is 2. The summed E-state index contributed by atoms with van der Waals surface area (Å²) in [6, 6.07) is 3.72. The van der Waals surface area contributed by atoms with E-state index in [0.29, 0.717) is 11.9 Å². The third-order valence-corrected chi connectivity index (χ3v) is 4.61. The van der Waals surface area contributed by atoms with Gasteiger partial charge in [0.2, 0.25) is 11.8 Å². The molecule has 0 aliphatic rings. The minimum absolute atomic E-state index is 0.00503. The number of carbonyl (C=O) groups is 1. The van der Waals surface area contributed by atoms with E-state index in [4.69, 9.17) is 4.52 Å². The molecule has 0 aliphatic heterocycles. The zero-order chi connectivity index (χ0) is 23.6. The molecule has 0 spiro atoms. The number of aromatic nitrogens is 6. The van der Waals surface area contributed by atoms with Gasteiger partial charge < -0.3 is 9.88 Å². The summed E-state index contributed by atoms with van der Waals surface area (Å²) in [4.78, 5) is 24.2. The first-order valence-corrected chi connectivity index (χ1v) is 9.59. The molecular weight excluding hydrogens is 441 g/mol. The zero-order valence-corrected chi connectivity index (χ0v) is 17.5. The maximum Gasteiger partial charge on any atom is 0.417 e. The summed E-state index contributed by atoms with van der Waals surface area (Å²) >= 11 is 0. The SMILES string of the molecule is Cc1ncn(C)c1-c1ccc(C[n+]2cc(NC(=O)Nc3cncc(C(F)(F)F)c3)on2)nc1. The van der Waals surface area contributed by atoms with Crippen molar-refractivity contribution in [2.75, 3.05) is 10.6 Å². The summed E-state index contributed by atoms with van der Waals surface area (Å²) in [5.41, 5.74) is 2.38. The molecule has 0 fully saturated rings. The first-order valence-electron chi connectivity index (χ1n) is 9.59. The van der Waals surface area contributed by atoms with Gasteiger partial charge in [-0.3, -0.25) is 19.8 Å². The third kappa shape index (κ3) is 5.14. The number of urea groups is 1. The molecule has 0 atom stereocenters. The average molecular weight is 459 g/mol. The number of halogens is 3. The van der Waals surface area contributed by atoms with E-state index in [9.17, 15) is 18.0 Å². The van der Waals surface area contributed by atoms with Crippen LogP contribution in [0.3, 0.4) is 0 Å². The lowest BCUT2D eigenvalue weighted by atomic mass is 10.1. The van der Waals surface area contributed by atoms with E-state index >= 15 is 0 Å². The van der Waals surface area contributed by atoms with Crippen LogP contribution in [-0.4, -0.2) is 30.8 Å². The van der Waals surface area contributed by atoms with Crippen molar-refractivity contribution in [2.45, 2.75) is 19.6 Å². The number of carbonyl (C=O) groups excluding carboxylic acids is 1. The third-order valence-electron chi connectivity index (χ3n) is 4.61. The molecule has 13 heteroatoms. The van der Waals surface area contributed by atoms with E-state index in [2.05, 4.69) is 30.9 Å². The summed E-state index contributed by atoms with van der Waals surface area (Å²) in [5, 5.41) is 8.42. The lowest BCUT2D eigenvalue weighted by Crippen LogP contribution is -2.35. The van der Waals surface area contributed by atoms with E-state index in [1.807, 2.05) is 30.7 Å². The van der Waals surface area contributed by atoms with Crippen LogP contribution in [-0.2, 0) is 19.8 Å². The fraction of sp³-hybridized carbons (Fsp3) is 0.200. The van der Waals surface area contributed by atoms with Gasteiger partial charge in [0, 0.05) is 25.0 Å². The minimum atomic E-state index is -4.57. The predicted molar refractivity (Wildman–Crippen MR) is 109 cm³/mol. The van der Waals surface area contributed by atoms with Gasteiger partial charge in [-0.15, -0.1) is 0 Å². The van der Waals surface area contributed by atoms with Crippen molar-refractivity contribution in [3.8, 4) is 11.3 Å². The van der Waals surface area contributed by atoms with Gasteiger partial charge >= 0.3 is 18.1 Å². The molecule has 4 heterocycles. The summed E-state index contributed by atoms with van der Waals surface area (Å²) in [5.74, 6) is -0.00503. The van der Waals surface area contributed by atoms with Gasteiger partial charge in [0.25, 0.3) is 6.20 Å². The number of nitrogens with one attached hydrogen (secondary N) is 2. The van der Waals surface area contributed by atoms with E-state index in [0.717, 1.165) is 29.2 Å². The Hall–Kier alpha value is -4.29. The molecule has 4 aromatic heterocycles. The Morgan fingerprint density at radius 3 is 2.67 bits per heavy atom. The van der Waals surface area contributed by atoms with Gasteiger partial charge in [-0.2, -0.15) is 13.2 Å². The summed E-state index contributed by atoms with van der Waals surface area (Å²) in [6.07, 6.45) is 2.08. The van der Waals surface area contributed by atoms with Gasteiger partial charge in [0.1, 0.15) is 5.69 Å². The number of hydrogen-bond donors (Lipinski definition) is 2. The molecule has 170 valence electrons. The highest BCUT2D eigenvalue weighted by molar-refractivity contribution is 5.98. The highest BCUT2D eigenvalue weighted by Gasteiger charge is 2.31. The molecule has 33 heavy (non-hydrogen) atoms. The van der Waals surface area contributed by atoms with E-state index in [1.165, 1.54) is 10.9 Å². The molecule has 0 bridgehead atoms. The van der Waals surface area contributed by atoms with E-state index in [1.54, 1.807) is 12.5 Å². The lowest BCUT2D eigenvalue weighted by Gasteiger charge is -2.08. The van der Waals surface area contributed by atoms with Gasteiger partial charge in [-0.25, -0.2) is 9.78 Å². The second-order valence-corrected chi connectivity index (χ2v) is 7.13. The summed E-state index contributed by atoms with van der Waals surface area (Å²) in [6.45, 7) is 2.19. The largest absolute Gasteiger partial charge is 0.417 e. The molecule has 10 nitrogen and oxygen atoms in total. The Morgan fingerprint density at radius 2 is 2.00 bits per heavy atom. The molecule has 0 aliphatic carbocycles. The van der Waals surface area contributed by atoms with Crippen molar-refractivity contribution in [1.29, 1.82) is 0 Å². The number of nitrogens with zero attached hydrogens (tertiary/aromatic N) is 6. The van der Waals surface area contributed by atoms with Crippen LogP contribution < -0.4 is 15.3 Å². The van der Waals surface area contributed by atoms with Crippen LogP contribution in [0.25, 0.3) is 11.3 Å². The number of pyridine rings is 2. The van der Waals surface area contributed by atoms with Crippen LogP contribution >= 0.6 is 0 Å². The Labute approximate surface area is 185 Å². The van der Waals surface area contributed by atoms with Crippen molar-refractivity contribution in [3.63, 3.8) is 0 Å². The number of amides is 2. The van der Waals surface area contributed by atoms with Crippen LogP contribution in [0.1, 0.15) is 17.0 Å². The topological polar surface area (TPSA) is 115 Å². The van der Waals surface area contributed by atoms with Gasteiger partial charge in [-0.05, 0) is 29.8 Å². The summed E-state index contributed by atoms with van der Waals surface area (Å²) < 4.78 is 46.7. The molecular formula is C20H18F3N8O2+. The Morgan fingerprint density at radius 1 is 1.18 bits per heavy atom. The van der Waals surface area contributed by atoms with Crippen molar-refractivity contribution in [3.05, 3.63) is 66.3 Å². The Kier molecular flexibility index (Phi) is 5.77. The first-order chi connectivity index (χ1) is 15.7. The van der Waals surface area contributed by atoms with Gasteiger partial charge in [0.05, 0.1) is 35.2 Å². The molecule has 0 radical (unpaired) electrons. The molecule has 4 aromatic rings. The minimum Gasteiger partial charge on any atom is -0.333 e. The standard InChI is InChI=1S/C20H17F3N8O2/c1-12-18(30(2)11-26-12)13-3-4-15(25-6-13)9-31-10-17(33-29-31)28-19(32)27-16-5-14(7-24-8-16)20(21,22)23/h3-8,10-11H,9H2,1-2H3,(H-,27,28,29,32)/p+1. The molecule has 4 rings (SSSR count). The first kappa shape index (κ1) is 21.9. The fourth-order valence-electron chi connectivity index (χ4n) is 3.13. The highest BCUT2D eigenvalue weighted by Crippen LogP contribution is 2.30. The number of anilines is 2. The predicted octanol–water partition coefficient (Wildman–Crippen LogP) is 3.17. The second kappa shape index (κ2) is 8.68. The Balaban J connectivity index is 1.37. The maximum atomic E-state index is 12.8. The molecule has 0 aromatic carbocycles. The van der Waals surface area contributed by atoms with Crippen molar-refractivity contribution < 1.29 is 27.2 Å². The van der Waals surface area contributed by atoms with E-state index < -0.39 is 17.8 Å². The molecule has 0 saturated heterocycles. The average Bonchev–Trinajstić information content (AvgIpc) is 3.33. The number of imidazole rings is 1. The smallest absolute Gasteiger partial charge is 0.333 e. The van der Waals surface area contributed by atoms with Gasteiger partial charge in [-0.1, -0.05) is 0 Å². The molecule has 0 unspecified atom stereocenters. The van der Waals surface area contributed by atoms with Crippen molar-refractivity contribution in [2.24, 2.45) is 7.05 Å². The normalized spacial score (nSPS) is 11.4.